The van der Waals surface area contributed by atoms with Gasteiger partial charge in [0, 0.05) is 0 Å². The summed E-state index contributed by atoms with van der Waals surface area (Å²) in [6.07, 6.45) is 8.16. The molecule has 4 nitrogen and oxygen atoms in total. The summed E-state index contributed by atoms with van der Waals surface area (Å²) in [5, 5.41) is 0. The van der Waals surface area contributed by atoms with Gasteiger partial charge in [-0.25, -0.2) is 4.57 Å². The Bertz CT molecular complexity index is 285. The molecule has 2 atom stereocenters. The van der Waals surface area contributed by atoms with E-state index in [1.54, 1.807) is 0 Å². The zero-order chi connectivity index (χ0) is 17.0. The molecule has 0 aromatic rings. The molecule has 0 aliphatic rings. The molecule has 0 fully saturated rings. The number of phosphoric acid groups is 1. The van der Waals surface area contributed by atoms with Crippen LogP contribution in [0.15, 0.2) is 0 Å². The Morgan fingerprint density at radius 1 is 0.727 bits per heavy atom. The van der Waals surface area contributed by atoms with E-state index in [4.69, 9.17) is 13.6 Å². The number of hydrogen-bond acceptors (Lipinski definition) is 4. The van der Waals surface area contributed by atoms with Gasteiger partial charge in [0.25, 0.3) is 0 Å². The van der Waals surface area contributed by atoms with Crippen LogP contribution in [-0.4, -0.2) is 18.3 Å². The van der Waals surface area contributed by atoms with Gasteiger partial charge in [-0.05, 0) is 40.5 Å². The number of phosphoric ester groups is 1. The molecule has 0 rings (SSSR count). The summed E-state index contributed by atoms with van der Waals surface area (Å²) in [6.45, 7) is 11.9. The first-order valence-corrected chi connectivity index (χ1v) is 10.4. The van der Waals surface area contributed by atoms with Gasteiger partial charge in [0.1, 0.15) is 0 Å². The fourth-order valence-electron chi connectivity index (χ4n) is 2.24. The Kier molecular flexibility index (Phi) is 12.6. The smallest absolute Gasteiger partial charge is 0.284 e. The van der Waals surface area contributed by atoms with Crippen LogP contribution in [0.25, 0.3) is 0 Å². The first kappa shape index (κ1) is 22.1. The van der Waals surface area contributed by atoms with Gasteiger partial charge in [-0.15, -0.1) is 0 Å². The maximum absolute atomic E-state index is 12.8. The van der Waals surface area contributed by atoms with E-state index < -0.39 is 7.82 Å². The minimum Gasteiger partial charge on any atom is -0.284 e. The van der Waals surface area contributed by atoms with Crippen molar-refractivity contribution in [2.24, 2.45) is 0 Å². The van der Waals surface area contributed by atoms with Gasteiger partial charge in [0.05, 0.1) is 18.3 Å². The third-order valence-electron chi connectivity index (χ3n) is 3.39. The molecule has 0 aliphatic carbocycles. The van der Waals surface area contributed by atoms with Gasteiger partial charge in [0.2, 0.25) is 0 Å². The van der Waals surface area contributed by atoms with E-state index in [2.05, 4.69) is 13.8 Å². The zero-order valence-corrected chi connectivity index (χ0v) is 16.4. The maximum atomic E-state index is 12.8. The van der Waals surface area contributed by atoms with E-state index in [0.717, 1.165) is 51.4 Å². The number of unbranched alkanes of at least 4 members (excludes halogenated alkanes) is 4. The van der Waals surface area contributed by atoms with Gasteiger partial charge < -0.3 is 0 Å². The van der Waals surface area contributed by atoms with Crippen LogP contribution in [0.2, 0.25) is 0 Å². The lowest BCUT2D eigenvalue weighted by atomic mass is 10.1. The standard InChI is InChI=1S/C17H37O4P/c1-7-9-11-13-16(5)20-22(18,19-15(3)4)21-17(6)14-12-10-8-2/h15-17H,7-14H2,1-6H3. The summed E-state index contributed by atoms with van der Waals surface area (Å²) in [5.41, 5.74) is 0. The summed E-state index contributed by atoms with van der Waals surface area (Å²) < 4.78 is 29.7. The molecule has 0 saturated carbocycles. The highest BCUT2D eigenvalue weighted by Gasteiger charge is 2.32. The van der Waals surface area contributed by atoms with Crippen molar-refractivity contribution in [3.05, 3.63) is 0 Å². The molecule has 0 radical (unpaired) electrons. The SMILES string of the molecule is CCCCCC(C)OP(=O)(OC(C)C)OC(C)CCCCC. The Labute approximate surface area is 137 Å². The molecule has 0 bridgehead atoms. The van der Waals surface area contributed by atoms with E-state index in [0.29, 0.717) is 0 Å². The average Bonchev–Trinajstić information content (AvgIpc) is 2.37. The van der Waals surface area contributed by atoms with E-state index >= 15 is 0 Å². The molecule has 2 unspecified atom stereocenters. The van der Waals surface area contributed by atoms with Gasteiger partial charge in [-0.2, -0.15) is 0 Å². The normalized spacial score (nSPS) is 17.4. The van der Waals surface area contributed by atoms with Crippen LogP contribution in [0.5, 0.6) is 0 Å². The van der Waals surface area contributed by atoms with Gasteiger partial charge in [-0.3, -0.25) is 13.6 Å². The molecule has 134 valence electrons. The summed E-state index contributed by atoms with van der Waals surface area (Å²) in [4.78, 5) is 0. The molecule has 0 aliphatic heterocycles. The second-order valence-corrected chi connectivity index (χ2v) is 7.95. The molecule has 5 heteroatoms. The van der Waals surface area contributed by atoms with Crippen LogP contribution in [-0.2, 0) is 18.1 Å². The van der Waals surface area contributed by atoms with Crippen molar-refractivity contribution >= 4 is 7.82 Å². The maximum Gasteiger partial charge on any atom is 0.475 e. The van der Waals surface area contributed by atoms with Gasteiger partial charge >= 0.3 is 7.82 Å². The van der Waals surface area contributed by atoms with Crippen molar-refractivity contribution in [1.82, 2.24) is 0 Å². The van der Waals surface area contributed by atoms with Crippen LogP contribution in [0.3, 0.4) is 0 Å². The Morgan fingerprint density at radius 3 is 1.45 bits per heavy atom. The molecule has 0 aromatic heterocycles. The first-order chi connectivity index (χ1) is 10.3. The minimum atomic E-state index is -3.49. The van der Waals surface area contributed by atoms with Crippen LogP contribution in [0, 0.1) is 0 Å². The predicted molar refractivity (Wildman–Crippen MR) is 93.2 cm³/mol. The third kappa shape index (κ3) is 11.6. The Balaban J connectivity index is 4.46. The molecule has 0 spiro atoms. The quantitative estimate of drug-likeness (QED) is 0.268. The summed E-state index contributed by atoms with van der Waals surface area (Å²) >= 11 is 0. The highest BCUT2D eigenvalue weighted by molar-refractivity contribution is 7.48. The second-order valence-electron chi connectivity index (χ2n) is 6.42. The Hall–Kier alpha value is 0.110. The zero-order valence-electron chi connectivity index (χ0n) is 15.5. The summed E-state index contributed by atoms with van der Waals surface area (Å²) in [7, 11) is -3.49. The Morgan fingerprint density at radius 2 is 1.14 bits per heavy atom. The minimum absolute atomic E-state index is 0.112. The van der Waals surface area contributed by atoms with E-state index in [1.807, 2.05) is 27.7 Å². The van der Waals surface area contributed by atoms with Crippen molar-refractivity contribution in [2.75, 3.05) is 0 Å². The van der Waals surface area contributed by atoms with E-state index in [9.17, 15) is 4.57 Å². The first-order valence-electron chi connectivity index (χ1n) is 8.98. The molecule has 22 heavy (non-hydrogen) atoms. The van der Waals surface area contributed by atoms with Crippen LogP contribution >= 0.6 is 7.82 Å². The van der Waals surface area contributed by atoms with Gasteiger partial charge in [0.15, 0.2) is 0 Å². The molecular formula is C17H37O4P. The number of hydrogen-bond donors (Lipinski definition) is 0. The van der Waals surface area contributed by atoms with E-state index in [1.165, 1.54) is 0 Å². The van der Waals surface area contributed by atoms with Crippen molar-refractivity contribution in [2.45, 2.75) is 111 Å². The molecule has 0 aromatic carbocycles. The van der Waals surface area contributed by atoms with Gasteiger partial charge in [-0.1, -0.05) is 52.4 Å². The van der Waals surface area contributed by atoms with Crippen molar-refractivity contribution in [1.29, 1.82) is 0 Å². The molecule has 0 heterocycles. The third-order valence-corrected chi connectivity index (χ3v) is 5.30. The lowest BCUT2D eigenvalue weighted by molar-refractivity contribution is 0.0421. The predicted octanol–water partition coefficient (Wildman–Crippen LogP) is 6.49. The topological polar surface area (TPSA) is 44.8 Å². The summed E-state index contributed by atoms with van der Waals surface area (Å²) in [5.74, 6) is 0. The fourth-order valence-corrected chi connectivity index (χ4v) is 4.00. The van der Waals surface area contributed by atoms with Crippen LogP contribution in [0.4, 0.5) is 0 Å². The second kappa shape index (κ2) is 12.5. The lowest BCUT2D eigenvalue weighted by Gasteiger charge is -2.26. The number of rotatable bonds is 14. The van der Waals surface area contributed by atoms with Crippen molar-refractivity contribution in [3.63, 3.8) is 0 Å². The highest BCUT2D eigenvalue weighted by atomic mass is 31.2. The van der Waals surface area contributed by atoms with Crippen LogP contribution in [0.1, 0.15) is 92.9 Å². The lowest BCUT2D eigenvalue weighted by Crippen LogP contribution is -2.16. The van der Waals surface area contributed by atoms with Crippen molar-refractivity contribution in [3.8, 4) is 0 Å². The molecular weight excluding hydrogens is 299 g/mol. The highest BCUT2D eigenvalue weighted by Crippen LogP contribution is 2.53. The summed E-state index contributed by atoms with van der Waals surface area (Å²) in [6, 6.07) is 0. The van der Waals surface area contributed by atoms with Crippen LogP contribution < -0.4 is 0 Å². The monoisotopic (exact) mass is 336 g/mol. The fraction of sp³-hybridized carbons (Fsp3) is 1.00. The average molecular weight is 336 g/mol. The largest absolute Gasteiger partial charge is 0.475 e. The molecule has 0 N–H and O–H groups in total. The van der Waals surface area contributed by atoms with E-state index in [-0.39, 0.29) is 18.3 Å². The molecule has 0 amide bonds. The van der Waals surface area contributed by atoms with Crippen molar-refractivity contribution < 1.29 is 18.1 Å². The molecule has 0 saturated heterocycles.